The summed E-state index contributed by atoms with van der Waals surface area (Å²) in [5, 5.41) is 13.4. The van der Waals surface area contributed by atoms with Crippen LogP contribution in [-0.2, 0) is 21.1 Å². The molecule has 0 spiro atoms. The molecular weight excluding hydrogens is 605 g/mol. The molecular formula is C28H20N3O2Pt-. The number of hydrogen-bond donors (Lipinski definition) is 1. The van der Waals surface area contributed by atoms with Gasteiger partial charge in [-0.05, 0) is 54.6 Å². The monoisotopic (exact) mass is 625 g/mol. The number of aryl methyl sites for hydroxylation is 2. The second kappa shape index (κ2) is 8.58. The molecule has 3 heterocycles. The molecule has 6 heteroatoms. The van der Waals surface area contributed by atoms with E-state index < -0.39 is 0 Å². The van der Waals surface area contributed by atoms with Crippen LogP contribution in [0.4, 0.5) is 0 Å². The third-order valence-electron chi connectivity index (χ3n) is 5.90. The fourth-order valence-corrected chi connectivity index (χ4v) is 4.35. The molecule has 1 N–H and O–H groups in total. The number of phenols is 1. The maximum Gasteiger partial charge on any atom is 0.217 e. The quantitative estimate of drug-likeness (QED) is 0.224. The first-order valence-corrected chi connectivity index (χ1v) is 10.7. The standard InChI is InChI=1S/C28H20N3O2.Pt/c1-17-12-13-29-26(14-17)31-23-8-4-3-6-21(23)22-11-10-19(16-24(22)31)33-27-15-18(2)20-7-5-9-25(32)28(20)30-27;/h3-15,32H,1-2H3;/q-1;. The Balaban J connectivity index is 0.00000241. The van der Waals surface area contributed by atoms with Crippen LogP contribution < -0.4 is 4.74 Å². The van der Waals surface area contributed by atoms with Crippen LogP contribution in [0.15, 0.2) is 79.0 Å². The van der Waals surface area contributed by atoms with E-state index in [1.165, 1.54) is 0 Å². The Morgan fingerprint density at radius 3 is 2.56 bits per heavy atom. The molecule has 0 atom stereocenters. The Labute approximate surface area is 210 Å². The number of hydrogen-bond acceptors (Lipinski definition) is 4. The molecule has 5 nitrogen and oxygen atoms in total. The molecule has 170 valence electrons. The van der Waals surface area contributed by atoms with Gasteiger partial charge in [0, 0.05) is 50.0 Å². The van der Waals surface area contributed by atoms with Crippen molar-refractivity contribution in [2.45, 2.75) is 13.8 Å². The second-order valence-electron chi connectivity index (χ2n) is 8.18. The van der Waals surface area contributed by atoms with Gasteiger partial charge in [0.15, 0.2) is 0 Å². The second-order valence-corrected chi connectivity index (χ2v) is 8.18. The first-order valence-electron chi connectivity index (χ1n) is 10.7. The Bertz CT molecular complexity index is 1690. The molecule has 3 aromatic carbocycles. The van der Waals surface area contributed by atoms with Gasteiger partial charge in [0.05, 0.1) is 0 Å². The molecule has 0 bridgehead atoms. The summed E-state index contributed by atoms with van der Waals surface area (Å²) in [5.74, 6) is 1.92. The molecule has 0 aliphatic rings. The number of phenolic OH excluding ortho intramolecular Hbond substituents is 1. The van der Waals surface area contributed by atoms with Crippen LogP contribution in [0.5, 0.6) is 17.4 Å². The summed E-state index contributed by atoms with van der Waals surface area (Å²) in [6.07, 6.45) is 1.82. The van der Waals surface area contributed by atoms with Crippen LogP contribution in [0.2, 0.25) is 0 Å². The van der Waals surface area contributed by atoms with E-state index in [0.29, 0.717) is 17.1 Å². The Hall–Kier alpha value is -3.69. The molecule has 3 aromatic heterocycles. The van der Waals surface area contributed by atoms with E-state index in [-0.39, 0.29) is 26.8 Å². The van der Waals surface area contributed by atoms with E-state index in [4.69, 9.17) is 4.74 Å². The number of ether oxygens (including phenoxy) is 1. The maximum absolute atomic E-state index is 10.3. The Morgan fingerprint density at radius 1 is 0.882 bits per heavy atom. The van der Waals surface area contributed by atoms with E-state index in [1.807, 2.05) is 61.7 Å². The number of pyridine rings is 2. The van der Waals surface area contributed by atoms with E-state index in [0.717, 1.165) is 44.1 Å². The molecule has 0 fully saturated rings. The number of fused-ring (bicyclic) bond motifs is 4. The summed E-state index contributed by atoms with van der Waals surface area (Å²) < 4.78 is 8.24. The molecule has 6 rings (SSSR count). The smallest absolute Gasteiger partial charge is 0.217 e. The van der Waals surface area contributed by atoms with Crippen LogP contribution in [-0.4, -0.2) is 19.6 Å². The number of aromatic hydroxyl groups is 1. The largest absolute Gasteiger partial charge is 0.506 e. The van der Waals surface area contributed by atoms with E-state index in [1.54, 1.807) is 6.07 Å². The van der Waals surface area contributed by atoms with Gasteiger partial charge in [0.25, 0.3) is 0 Å². The van der Waals surface area contributed by atoms with Crippen LogP contribution in [0.25, 0.3) is 38.5 Å². The van der Waals surface area contributed by atoms with Gasteiger partial charge in [-0.3, -0.25) is 0 Å². The predicted molar refractivity (Wildman–Crippen MR) is 130 cm³/mol. The molecule has 0 aliphatic carbocycles. The van der Waals surface area contributed by atoms with Crippen molar-refractivity contribution in [2.75, 3.05) is 0 Å². The van der Waals surface area contributed by atoms with Crippen LogP contribution in [0, 0.1) is 19.9 Å². The van der Waals surface area contributed by atoms with E-state index >= 15 is 0 Å². The van der Waals surface area contributed by atoms with Crippen molar-refractivity contribution >= 4 is 32.7 Å². The summed E-state index contributed by atoms with van der Waals surface area (Å²) in [7, 11) is 0. The van der Waals surface area contributed by atoms with Crippen molar-refractivity contribution in [3.63, 3.8) is 0 Å². The number of aromatic nitrogens is 3. The fraction of sp³-hybridized carbons (Fsp3) is 0.0714. The van der Waals surface area contributed by atoms with Crippen molar-refractivity contribution in [3.8, 4) is 23.2 Å². The third-order valence-corrected chi connectivity index (χ3v) is 5.90. The summed E-state index contributed by atoms with van der Waals surface area (Å²) in [6.45, 7) is 4.03. The third kappa shape index (κ3) is 3.63. The van der Waals surface area contributed by atoms with Crippen LogP contribution >= 0.6 is 0 Å². The average Bonchev–Trinajstić information content (AvgIpc) is 3.13. The summed E-state index contributed by atoms with van der Waals surface area (Å²) in [4.78, 5) is 9.15. The van der Waals surface area contributed by atoms with Crippen molar-refractivity contribution in [1.29, 1.82) is 0 Å². The molecule has 0 radical (unpaired) electrons. The van der Waals surface area contributed by atoms with Gasteiger partial charge in [-0.15, -0.1) is 17.5 Å². The summed E-state index contributed by atoms with van der Waals surface area (Å²) in [6, 6.07) is 26.9. The molecule has 0 unspecified atom stereocenters. The number of nitrogens with zero attached hydrogens (tertiary/aromatic N) is 3. The van der Waals surface area contributed by atoms with Crippen LogP contribution in [0.1, 0.15) is 11.1 Å². The average molecular weight is 626 g/mol. The first-order chi connectivity index (χ1) is 16.1. The molecule has 6 aromatic rings. The summed E-state index contributed by atoms with van der Waals surface area (Å²) in [5.41, 5.74) is 4.57. The minimum atomic E-state index is 0. The molecule has 34 heavy (non-hydrogen) atoms. The SMILES string of the molecule is Cc1ccnc(-n2c3[c-]c(Oc4cc(C)c5cccc(O)c5n4)ccc3c3ccccc32)c1.[Pt]. The van der Waals surface area contributed by atoms with Gasteiger partial charge in [0.1, 0.15) is 17.1 Å². The zero-order valence-electron chi connectivity index (χ0n) is 18.5. The van der Waals surface area contributed by atoms with E-state index in [2.05, 4.69) is 45.7 Å². The maximum atomic E-state index is 10.3. The van der Waals surface area contributed by atoms with Gasteiger partial charge in [-0.1, -0.05) is 35.8 Å². The molecule has 0 aliphatic heterocycles. The fourth-order valence-electron chi connectivity index (χ4n) is 4.35. The Kier molecular flexibility index (Phi) is 5.58. The van der Waals surface area contributed by atoms with Crippen molar-refractivity contribution in [2.24, 2.45) is 0 Å². The van der Waals surface area contributed by atoms with Crippen molar-refractivity contribution in [3.05, 3.63) is 96.2 Å². The minimum absolute atomic E-state index is 0. The zero-order chi connectivity index (χ0) is 22.5. The molecule has 0 saturated heterocycles. The van der Waals surface area contributed by atoms with Gasteiger partial charge >= 0.3 is 0 Å². The normalized spacial score (nSPS) is 11.1. The molecule has 0 amide bonds. The van der Waals surface area contributed by atoms with Crippen molar-refractivity contribution < 1.29 is 30.9 Å². The molecule has 0 saturated carbocycles. The van der Waals surface area contributed by atoms with Gasteiger partial charge in [0.2, 0.25) is 5.88 Å². The minimum Gasteiger partial charge on any atom is -0.506 e. The van der Waals surface area contributed by atoms with Gasteiger partial charge < -0.3 is 14.4 Å². The van der Waals surface area contributed by atoms with Crippen molar-refractivity contribution in [1.82, 2.24) is 14.5 Å². The topological polar surface area (TPSA) is 60.2 Å². The van der Waals surface area contributed by atoms with Crippen LogP contribution in [0.3, 0.4) is 0 Å². The Morgan fingerprint density at radius 2 is 1.71 bits per heavy atom. The number of rotatable bonds is 3. The predicted octanol–water partition coefficient (Wildman–Crippen LogP) is 6.64. The zero-order valence-corrected chi connectivity index (χ0v) is 20.8. The number of para-hydroxylation sites is 2. The van der Waals surface area contributed by atoms with Gasteiger partial charge in [-0.25, -0.2) is 9.97 Å². The van der Waals surface area contributed by atoms with E-state index in [9.17, 15) is 5.11 Å². The van der Waals surface area contributed by atoms with Gasteiger partial charge in [-0.2, -0.15) is 6.07 Å². The summed E-state index contributed by atoms with van der Waals surface area (Å²) >= 11 is 0. The first kappa shape index (κ1) is 22.1. The number of benzene rings is 3.